The van der Waals surface area contributed by atoms with E-state index in [2.05, 4.69) is 24.1 Å². The minimum Gasteiger partial charge on any atom is -0.383 e. The molecule has 7 heteroatoms. The van der Waals surface area contributed by atoms with Crippen LogP contribution in [0.5, 0.6) is 0 Å². The van der Waals surface area contributed by atoms with Crippen molar-refractivity contribution >= 4 is 28.2 Å². The van der Waals surface area contributed by atoms with E-state index in [0.717, 1.165) is 0 Å². The van der Waals surface area contributed by atoms with Gasteiger partial charge in [0.1, 0.15) is 10.7 Å². The number of ether oxygens (including phenoxy) is 1. The number of thiazole rings is 1. The molecule has 0 saturated carbocycles. The highest BCUT2D eigenvalue weighted by Crippen LogP contribution is 2.26. The molecule has 6 nitrogen and oxygen atoms in total. The molecule has 1 aromatic heterocycles. The third-order valence-corrected chi connectivity index (χ3v) is 3.43. The number of hydrogen-bond donors (Lipinski definition) is 2. The van der Waals surface area contributed by atoms with E-state index in [1.807, 2.05) is 0 Å². The molecule has 108 valence electrons. The van der Waals surface area contributed by atoms with Crippen LogP contribution in [-0.4, -0.2) is 49.6 Å². The third-order valence-electron chi connectivity index (χ3n) is 2.42. The van der Waals surface area contributed by atoms with Gasteiger partial charge < -0.3 is 20.7 Å². The first-order valence-corrected chi connectivity index (χ1v) is 7.02. The van der Waals surface area contributed by atoms with E-state index < -0.39 is 0 Å². The highest BCUT2D eigenvalue weighted by molar-refractivity contribution is 7.18. The molecule has 0 atom stereocenters. The number of hydrogen-bond acceptors (Lipinski definition) is 6. The van der Waals surface area contributed by atoms with Crippen molar-refractivity contribution < 1.29 is 9.53 Å². The minimum atomic E-state index is -0.0801. The summed E-state index contributed by atoms with van der Waals surface area (Å²) in [6, 6.07) is 0. The van der Waals surface area contributed by atoms with E-state index in [1.165, 1.54) is 11.3 Å². The Kier molecular flexibility index (Phi) is 6.04. The lowest BCUT2D eigenvalue weighted by Gasteiger charge is -2.18. The largest absolute Gasteiger partial charge is 0.383 e. The third kappa shape index (κ3) is 4.68. The zero-order valence-corrected chi connectivity index (χ0v) is 12.7. The van der Waals surface area contributed by atoms with Crippen LogP contribution in [0.3, 0.4) is 0 Å². The van der Waals surface area contributed by atoms with Gasteiger partial charge in [0.25, 0.3) is 5.91 Å². The molecule has 1 aromatic rings. The summed E-state index contributed by atoms with van der Waals surface area (Å²) >= 11 is 1.28. The summed E-state index contributed by atoms with van der Waals surface area (Å²) in [6.07, 6.45) is 0. The Morgan fingerprint density at radius 2 is 2.26 bits per heavy atom. The van der Waals surface area contributed by atoms with E-state index in [-0.39, 0.29) is 11.7 Å². The number of nitrogen functional groups attached to an aromatic ring is 1. The van der Waals surface area contributed by atoms with Gasteiger partial charge in [-0.15, -0.1) is 0 Å². The van der Waals surface area contributed by atoms with Gasteiger partial charge in [-0.3, -0.25) is 4.79 Å². The van der Waals surface area contributed by atoms with Crippen molar-refractivity contribution in [3.63, 3.8) is 0 Å². The monoisotopic (exact) mass is 286 g/mol. The van der Waals surface area contributed by atoms with Gasteiger partial charge in [-0.2, -0.15) is 0 Å². The molecule has 0 aromatic carbocycles. The summed E-state index contributed by atoms with van der Waals surface area (Å²) in [5.74, 6) is 0.622. The topological polar surface area (TPSA) is 80.5 Å². The Morgan fingerprint density at radius 1 is 1.58 bits per heavy atom. The molecule has 0 fully saturated rings. The van der Waals surface area contributed by atoms with Gasteiger partial charge in [-0.25, -0.2) is 4.98 Å². The van der Waals surface area contributed by atoms with Gasteiger partial charge >= 0.3 is 0 Å². The van der Waals surface area contributed by atoms with Gasteiger partial charge in [0.2, 0.25) is 0 Å². The maximum absolute atomic E-state index is 12.2. The Balaban J connectivity index is 2.69. The van der Waals surface area contributed by atoms with Crippen molar-refractivity contribution in [1.82, 2.24) is 9.88 Å². The maximum atomic E-state index is 12.2. The first kappa shape index (κ1) is 15.7. The lowest BCUT2D eigenvalue weighted by molar-refractivity contribution is 0.0784. The van der Waals surface area contributed by atoms with Crippen LogP contribution in [0, 0.1) is 5.92 Å². The first-order valence-electron chi connectivity index (χ1n) is 6.20. The highest BCUT2D eigenvalue weighted by Gasteiger charge is 2.20. The fourth-order valence-electron chi connectivity index (χ4n) is 1.62. The van der Waals surface area contributed by atoms with Crippen molar-refractivity contribution in [3.8, 4) is 0 Å². The molecule has 3 N–H and O–H groups in total. The number of nitrogens with two attached hydrogens (primary N) is 1. The second-order valence-corrected chi connectivity index (χ2v) is 5.73. The van der Waals surface area contributed by atoms with Crippen molar-refractivity contribution in [2.75, 3.05) is 44.9 Å². The number of carbonyl (C=O) groups is 1. The summed E-state index contributed by atoms with van der Waals surface area (Å²) in [5, 5.41) is 3.72. The number of nitrogens with zero attached hydrogens (tertiary/aromatic N) is 2. The normalized spacial score (nSPS) is 10.8. The maximum Gasteiger partial charge on any atom is 0.267 e. The van der Waals surface area contributed by atoms with Gasteiger partial charge in [0.05, 0.1) is 6.61 Å². The fourth-order valence-corrected chi connectivity index (χ4v) is 2.53. The van der Waals surface area contributed by atoms with Gasteiger partial charge in [-0.05, 0) is 5.92 Å². The summed E-state index contributed by atoms with van der Waals surface area (Å²) < 4.78 is 4.94. The lowest BCUT2D eigenvalue weighted by Crippen LogP contribution is -2.30. The molecule has 0 aliphatic carbocycles. The molecule has 0 saturated heterocycles. The first-order chi connectivity index (χ1) is 8.95. The highest BCUT2D eigenvalue weighted by atomic mass is 32.1. The van der Waals surface area contributed by atoms with E-state index in [9.17, 15) is 4.79 Å². The standard InChI is InChI=1S/C12H22N4O2S/c1-8(2)7-16(3)11(17)9-10(13)15-12(19-9)14-5-6-18-4/h8H,5-7,13H2,1-4H3,(H,14,15). The summed E-state index contributed by atoms with van der Waals surface area (Å²) in [5.41, 5.74) is 5.80. The summed E-state index contributed by atoms with van der Waals surface area (Å²) in [6.45, 7) is 6.05. The van der Waals surface area contributed by atoms with Crippen LogP contribution in [-0.2, 0) is 4.74 Å². The average Bonchev–Trinajstić information content (AvgIpc) is 2.69. The molecule has 1 amide bonds. The quantitative estimate of drug-likeness (QED) is 0.743. The Labute approximate surface area is 118 Å². The number of aromatic nitrogens is 1. The number of rotatable bonds is 7. The van der Waals surface area contributed by atoms with Crippen molar-refractivity contribution in [2.45, 2.75) is 13.8 Å². The van der Waals surface area contributed by atoms with Crippen LogP contribution >= 0.6 is 11.3 Å². The zero-order chi connectivity index (χ0) is 14.4. The molecular weight excluding hydrogens is 264 g/mol. The molecule has 0 spiro atoms. The van der Waals surface area contributed by atoms with Gasteiger partial charge in [0, 0.05) is 27.2 Å². The van der Waals surface area contributed by atoms with Crippen LogP contribution in [0.15, 0.2) is 0 Å². The van der Waals surface area contributed by atoms with Crippen molar-refractivity contribution in [2.24, 2.45) is 5.92 Å². The molecule has 0 aliphatic rings. The predicted molar refractivity (Wildman–Crippen MR) is 78.7 cm³/mol. The summed E-state index contributed by atoms with van der Waals surface area (Å²) in [7, 11) is 3.41. The molecule has 0 unspecified atom stereocenters. The van der Waals surface area contributed by atoms with Crippen LogP contribution in [0.1, 0.15) is 23.5 Å². The van der Waals surface area contributed by atoms with E-state index >= 15 is 0 Å². The Hall–Kier alpha value is -1.34. The lowest BCUT2D eigenvalue weighted by atomic mass is 10.2. The molecule has 0 bridgehead atoms. The number of anilines is 2. The Bertz CT molecular complexity index is 420. The smallest absolute Gasteiger partial charge is 0.267 e. The molecule has 0 radical (unpaired) electrons. The minimum absolute atomic E-state index is 0.0801. The molecule has 1 heterocycles. The van der Waals surface area contributed by atoms with Crippen LogP contribution in [0.2, 0.25) is 0 Å². The number of methoxy groups -OCH3 is 1. The van der Waals surface area contributed by atoms with Gasteiger partial charge in [0.15, 0.2) is 5.13 Å². The van der Waals surface area contributed by atoms with Crippen LogP contribution < -0.4 is 11.1 Å². The van der Waals surface area contributed by atoms with Crippen LogP contribution in [0.4, 0.5) is 10.9 Å². The van der Waals surface area contributed by atoms with Crippen LogP contribution in [0.25, 0.3) is 0 Å². The number of carbonyl (C=O) groups excluding carboxylic acids is 1. The molecule has 19 heavy (non-hydrogen) atoms. The fraction of sp³-hybridized carbons (Fsp3) is 0.667. The van der Waals surface area contributed by atoms with Crippen molar-refractivity contribution in [3.05, 3.63) is 4.88 Å². The van der Waals surface area contributed by atoms with E-state index in [0.29, 0.717) is 35.6 Å². The summed E-state index contributed by atoms with van der Waals surface area (Å²) in [4.78, 5) is 18.5. The number of amides is 1. The van der Waals surface area contributed by atoms with Crippen molar-refractivity contribution in [1.29, 1.82) is 0 Å². The Morgan fingerprint density at radius 3 is 2.84 bits per heavy atom. The predicted octanol–water partition coefficient (Wildman–Crippen LogP) is 1.51. The molecular formula is C12H22N4O2S. The molecule has 1 rings (SSSR count). The van der Waals surface area contributed by atoms with Gasteiger partial charge in [-0.1, -0.05) is 25.2 Å². The number of nitrogens with one attached hydrogen (secondary N) is 1. The second-order valence-electron chi connectivity index (χ2n) is 4.73. The average molecular weight is 286 g/mol. The molecule has 0 aliphatic heterocycles. The second kappa shape index (κ2) is 7.30. The van der Waals surface area contributed by atoms with E-state index in [4.69, 9.17) is 10.5 Å². The zero-order valence-electron chi connectivity index (χ0n) is 11.9. The van der Waals surface area contributed by atoms with E-state index in [1.54, 1.807) is 19.1 Å². The SMILES string of the molecule is COCCNc1nc(N)c(C(=O)N(C)CC(C)C)s1.